The van der Waals surface area contributed by atoms with E-state index in [1.165, 1.54) is 11.3 Å². The van der Waals surface area contributed by atoms with Crippen molar-refractivity contribution in [1.29, 1.82) is 0 Å². The van der Waals surface area contributed by atoms with Gasteiger partial charge >= 0.3 is 0 Å². The first-order chi connectivity index (χ1) is 14.7. The first-order valence-corrected chi connectivity index (χ1v) is 10.8. The average Bonchev–Trinajstić information content (AvgIpc) is 3.19. The minimum absolute atomic E-state index is 0.788. The van der Waals surface area contributed by atoms with Crippen LogP contribution in [-0.4, -0.2) is 65.2 Å². The Labute approximate surface area is 182 Å². The maximum absolute atomic E-state index is 6.20. The number of aromatic nitrogens is 3. The molecule has 158 valence electrons. The van der Waals surface area contributed by atoms with Crippen molar-refractivity contribution >= 4 is 28.9 Å². The van der Waals surface area contributed by atoms with Crippen molar-refractivity contribution in [2.24, 2.45) is 4.99 Å². The van der Waals surface area contributed by atoms with Gasteiger partial charge in [-0.2, -0.15) is 0 Å². The van der Waals surface area contributed by atoms with E-state index in [-0.39, 0.29) is 0 Å². The Morgan fingerprint density at radius 3 is 2.77 bits per heavy atom. The molecule has 30 heavy (non-hydrogen) atoms. The largest absolute Gasteiger partial charge is 0.368 e. The summed E-state index contributed by atoms with van der Waals surface area (Å²) in [4.78, 5) is 9.21. The molecule has 0 saturated carbocycles. The Morgan fingerprint density at radius 1 is 1.13 bits per heavy atom. The van der Waals surface area contributed by atoms with Gasteiger partial charge in [0.25, 0.3) is 0 Å². The number of nitrogens with one attached hydrogen (secondary N) is 1. The Morgan fingerprint density at radius 2 is 1.97 bits per heavy atom. The van der Waals surface area contributed by atoms with Crippen LogP contribution in [0.5, 0.6) is 0 Å². The summed E-state index contributed by atoms with van der Waals surface area (Å²) in [5.74, 6) is 1.96. The third-order valence-electron chi connectivity index (χ3n) is 5.55. The third kappa shape index (κ3) is 4.51. The lowest BCUT2D eigenvalue weighted by Gasteiger charge is -2.38. The molecule has 3 aromatic rings. The highest BCUT2D eigenvalue weighted by molar-refractivity contribution is 6.30. The maximum atomic E-state index is 6.20. The summed E-state index contributed by atoms with van der Waals surface area (Å²) >= 11 is 6.20. The number of halogens is 1. The second-order valence-electron chi connectivity index (χ2n) is 7.53. The van der Waals surface area contributed by atoms with Gasteiger partial charge in [-0.3, -0.25) is 9.39 Å². The zero-order valence-corrected chi connectivity index (χ0v) is 18.3. The topological polar surface area (TPSA) is 61.1 Å². The Balaban J connectivity index is 1.26. The number of benzene rings is 1. The summed E-state index contributed by atoms with van der Waals surface area (Å²) in [6.07, 6.45) is 3.85. The van der Waals surface area contributed by atoms with Crippen LogP contribution < -0.4 is 10.2 Å². The highest BCUT2D eigenvalue weighted by atomic mass is 35.5. The van der Waals surface area contributed by atoms with Gasteiger partial charge in [-0.25, -0.2) is 0 Å². The number of rotatable bonds is 5. The minimum atomic E-state index is 0.788. The van der Waals surface area contributed by atoms with Gasteiger partial charge in [0.2, 0.25) is 0 Å². The van der Waals surface area contributed by atoms with Crippen LogP contribution in [0.4, 0.5) is 5.69 Å². The van der Waals surface area contributed by atoms with Crippen LogP contribution in [0.1, 0.15) is 17.8 Å². The van der Waals surface area contributed by atoms with Crippen molar-refractivity contribution in [1.82, 2.24) is 24.8 Å². The quantitative estimate of drug-likeness (QED) is 0.387. The van der Waals surface area contributed by atoms with E-state index in [2.05, 4.69) is 49.4 Å². The number of hydrogen-bond donors (Lipinski definition) is 1. The van der Waals surface area contributed by atoms with E-state index in [0.29, 0.717) is 0 Å². The molecule has 4 rings (SSSR count). The first kappa shape index (κ1) is 20.5. The van der Waals surface area contributed by atoms with Gasteiger partial charge in [0.05, 0.1) is 0 Å². The lowest BCUT2D eigenvalue weighted by atomic mass is 10.1. The molecule has 1 saturated heterocycles. The lowest BCUT2D eigenvalue weighted by Crippen LogP contribution is -2.52. The fraction of sp³-hybridized carbons (Fsp3) is 0.409. The zero-order chi connectivity index (χ0) is 20.9. The summed E-state index contributed by atoms with van der Waals surface area (Å²) in [6.45, 7) is 6.75. The van der Waals surface area contributed by atoms with Crippen LogP contribution in [0.2, 0.25) is 5.02 Å². The number of piperazine rings is 1. The molecule has 0 atom stereocenters. The number of pyridine rings is 1. The summed E-state index contributed by atoms with van der Waals surface area (Å²) in [7, 11) is 1.85. The second-order valence-corrected chi connectivity index (χ2v) is 7.96. The van der Waals surface area contributed by atoms with Crippen molar-refractivity contribution in [2.45, 2.75) is 19.8 Å². The Hall–Kier alpha value is -2.80. The molecule has 8 heteroatoms. The molecule has 0 spiro atoms. The van der Waals surface area contributed by atoms with E-state index in [1.807, 2.05) is 41.9 Å². The van der Waals surface area contributed by atoms with Gasteiger partial charge in [-0.1, -0.05) is 23.7 Å². The van der Waals surface area contributed by atoms with Crippen molar-refractivity contribution in [2.75, 3.05) is 44.7 Å². The molecule has 1 aliphatic heterocycles. The monoisotopic (exact) mass is 425 g/mol. The molecule has 7 nitrogen and oxygen atoms in total. The standard InChI is InChI=1S/C22H28ClN7/c1-17-8-9-18(23)16-19(17)28-12-14-29(15-13-28)22(24-2)25-10-5-7-21-27-26-20-6-3-4-11-30(20)21/h3-4,6,8-9,11,16H,5,7,10,12-15H2,1-2H3,(H,24,25). The molecule has 1 aromatic carbocycles. The molecule has 2 aromatic heterocycles. The van der Waals surface area contributed by atoms with Crippen LogP contribution in [0, 0.1) is 6.92 Å². The highest BCUT2D eigenvalue weighted by Gasteiger charge is 2.20. The number of aliphatic imine (C=N–C) groups is 1. The van der Waals surface area contributed by atoms with E-state index in [4.69, 9.17) is 11.6 Å². The molecule has 1 aliphatic rings. The molecular formula is C22H28ClN7. The van der Waals surface area contributed by atoms with E-state index >= 15 is 0 Å². The third-order valence-corrected chi connectivity index (χ3v) is 5.78. The van der Waals surface area contributed by atoms with Crippen LogP contribution in [0.3, 0.4) is 0 Å². The predicted molar refractivity (Wildman–Crippen MR) is 123 cm³/mol. The average molecular weight is 426 g/mol. The number of hydrogen-bond acceptors (Lipinski definition) is 4. The lowest BCUT2D eigenvalue weighted by molar-refractivity contribution is 0.372. The number of guanidine groups is 1. The normalized spacial score (nSPS) is 15.1. The van der Waals surface area contributed by atoms with E-state index < -0.39 is 0 Å². The highest BCUT2D eigenvalue weighted by Crippen LogP contribution is 2.25. The molecule has 0 radical (unpaired) electrons. The first-order valence-electron chi connectivity index (χ1n) is 10.4. The SMILES string of the molecule is CN=C(NCCCc1nnc2ccccn12)N1CCN(c2cc(Cl)ccc2C)CC1. The number of fused-ring (bicyclic) bond motifs is 1. The van der Waals surface area contributed by atoms with Gasteiger partial charge < -0.3 is 15.1 Å². The Bertz CT molecular complexity index is 1020. The van der Waals surface area contributed by atoms with E-state index in [0.717, 1.165) is 68.0 Å². The molecule has 0 amide bonds. The molecular weight excluding hydrogens is 398 g/mol. The fourth-order valence-electron chi connectivity index (χ4n) is 3.92. The summed E-state index contributed by atoms with van der Waals surface area (Å²) in [5, 5.41) is 12.8. The zero-order valence-electron chi connectivity index (χ0n) is 17.6. The van der Waals surface area contributed by atoms with Crippen LogP contribution in [0.25, 0.3) is 5.65 Å². The smallest absolute Gasteiger partial charge is 0.193 e. The van der Waals surface area contributed by atoms with Crippen LogP contribution in [-0.2, 0) is 6.42 Å². The molecule has 0 unspecified atom stereocenters. The molecule has 0 aliphatic carbocycles. The van der Waals surface area contributed by atoms with Gasteiger partial charge in [-0.15, -0.1) is 10.2 Å². The Kier molecular flexibility index (Phi) is 6.38. The second kappa shape index (κ2) is 9.34. The molecule has 3 heterocycles. The van der Waals surface area contributed by atoms with E-state index in [9.17, 15) is 0 Å². The van der Waals surface area contributed by atoms with Gasteiger partial charge in [-0.05, 0) is 43.2 Å². The van der Waals surface area contributed by atoms with Gasteiger partial charge in [0.1, 0.15) is 5.82 Å². The summed E-state index contributed by atoms with van der Waals surface area (Å²) in [6, 6.07) is 12.1. The molecule has 1 fully saturated rings. The number of aryl methyl sites for hydroxylation is 2. The van der Waals surface area contributed by atoms with Crippen LogP contribution >= 0.6 is 11.6 Å². The van der Waals surface area contributed by atoms with E-state index in [1.54, 1.807) is 0 Å². The fourth-order valence-corrected chi connectivity index (χ4v) is 4.09. The number of nitrogens with zero attached hydrogens (tertiary/aromatic N) is 6. The predicted octanol–water partition coefficient (Wildman–Crippen LogP) is 3.02. The van der Waals surface area contributed by atoms with Gasteiger partial charge in [0, 0.05) is 63.1 Å². The molecule has 0 bridgehead atoms. The summed E-state index contributed by atoms with van der Waals surface area (Å²) < 4.78 is 2.05. The minimum Gasteiger partial charge on any atom is -0.368 e. The van der Waals surface area contributed by atoms with Crippen molar-refractivity contribution in [3.8, 4) is 0 Å². The van der Waals surface area contributed by atoms with Gasteiger partial charge in [0.15, 0.2) is 11.6 Å². The van der Waals surface area contributed by atoms with Crippen molar-refractivity contribution in [3.63, 3.8) is 0 Å². The van der Waals surface area contributed by atoms with Crippen LogP contribution in [0.15, 0.2) is 47.6 Å². The van der Waals surface area contributed by atoms with Crippen molar-refractivity contribution < 1.29 is 0 Å². The van der Waals surface area contributed by atoms with Crippen molar-refractivity contribution in [3.05, 3.63) is 59.0 Å². The number of anilines is 1. The maximum Gasteiger partial charge on any atom is 0.193 e. The summed E-state index contributed by atoms with van der Waals surface area (Å²) in [5.41, 5.74) is 3.38. The molecule has 1 N–H and O–H groups in total.